The number of ether oxygens (including phenoxy) is 2. The third kappa shape index (κ3) is 4.93. The van der Waals surface area contributed by atoms with Crippen LogP contribution >= 0.6 is 0 Å². The van der Waals surface area contributed by atoms with Gasteiger partial charge in [-0.25, -0.2) is 4.79 Å². The molecule has 0 unspecified atom stereocenters. The van der Waals surface area contributed by atoms with Crippen molar-refractivity contribution in [2.75, 3.05) is 7.11 Å². The first-order valence-corrected chi connectivity index (χ1v) is 7.58. The monoisotopic (exact) mass is 328 g/mol. The summed E-state index contributed by atoms with van der Waals surface area (Å²) in [5.41, 5.74) is -0.402. The van der Waals surface area contributed by atoms with Crippen molar-refractivity contribution < 1.29 is 24.2 Å². The number of methoxy groups -OCH3 is 1. The van der Waals surface area contributed by atoms with Crippen LogP contribution in [0, 0.1) is 0 Å². The van der Waals surface area contributed by atoms with Gasteiger partial charge in [0.05, 0.1) is 13.5 Å². The predicted molar refractivity (Wildman–Crippen MR) is 88.0 cm³/mol. The van der Waals surface area contributed by atoms with Gasteiger partial charge in [-0.05, 0) is 11.1 Å². The van der Waals surface area contributed by atoms with Gasteiger partial charge in [0.2, 0.25) is 0 Å². The molecule has 2 rings (SSSR count). The number of hydrogen-bond acceptors (Lipinski definition) is 5. The van der Waals surface area contributed by atoms with E-state index in [-0.39, 0.29) is 13.0 Å². The summed E-state index contributed by atoms with van der Waals surface area (Å²) in [4.78, 5) is 24.0. The molecule has 0 saturated carbocycles. The Hall–Kier alpha value is -2.66. The van der Waals surface area contributed by atoms with Gasteiger partial charge in [-0.2, -0.15) is 0 Å². The van der Waals surface area contributed by atoms with Crippen LogP contribution in [0.15, 0.2) is 60.7 Å². The summed E-state index contributed by atoms with van der Waals surface area (Å²) in [5.74, 6) is -1.52. The molecule has 0 bridgehead atoms. The van der Waals surface area contributed by atoms with Crippen molar-refractivity contribution in [1.29, 1.82) is 0 Å². The molecule has 0 amide bonds. The van der Waals surface area contributed by atoms with Gasteiger partial charge in [-0.1, -0.05) is 60.7 Å². The molecule has 0 aliphatic rings. The minimum atomic E-state index is -1.95. The molecule has 0 saturated heterocycles. The van der Waals surface area contributed by atoms with Crippen molar-refractivity contribution in [2.24, 2.45) is 0 Å². The molecule has 0 aliphatic heterocycles. The summed E-state index contributed by atoms with van der Waals surface area (Å²) >= 11 is 0. The molecule has 0 spiro atoms. The van der Waals surface area contributed by atoms with Crippen molar-refractivity contribution in [3.63, 3.8) is 0 Å². The molecule has 24 heavy (non-hydrogen) atoms. The highest BCUT2D eigenvalue weighted by Gasteiger charge is 2.40. The van der Waals surface area contributed by atoms with Crippen LogP contribution in [0.4, 0.5) is 0 Å². The maximum Gasteiger partial charge on any atom is 0.338 e. The molecule has 5 nitrogen and oxygen atoms in total. The van der Waals surface area contributed by atoms with E-state index in [0.29, 0.717) is 0 Å². The van der Waals surface area contributed by atoms with Crippen molar-refractivity contribution >= 4 is 11.9 Å². The Labute approximate surface area is 140 Å². The van der Waals surface area contributed by atoms with E-state index < -0.39 is 24.0 Å². The average Bonchev–Trinajstić information content (AvgIpc) is 2.61. The smallest absolute Gasteiger partial charge is 0.338 e. The lowest BCUT2D eigenvalue weighted by Crippen LogP contribution is -2.44. The van der Waals surface area contributed by atoms with E-state index in [9.17, 15) is 14.7 Å². The molecule has 0 aromatic heterocycles. The normalized spacial score (nSPS) is 12.9. The molecule has 1 atom stereocenters. The van der Waals surface area contributed by atoms with E-state index in [4.69, 9.17) is 4.74 Å². The number of rotatable bonds is 7. The number of hydrogen-bond donors (Lipinski definition) is 1. The standard InChI is InChI=1S/C19H20O5/c1-23-18(21)19(22,12-15-8-4-2-5-9-15)13-17(20)24-14-16-10-6-3-7-11-16/h2-11,22H,12-14H2,1H3/t19-/m1/s1. The molecule has 2 aromatic carbocycles. The van der Waals surface area contributed by atoms with Gasteiger partial charge in [0.25, 0.3) is 0 Å². The number of esters is 2. The summed E-state index contributed by atoms with van der Waals surface area (Å²) in [6.07, 6.45) is -0.498. The molecule has 5 heteroatoms. The van der Waals surface area contributed by atoms with Crippen LogP contribution in [-0.2, 0) is 32.1 Å². The lowest BCUT2D eigenvalue weighted by atomic mass is 9.91. The van der Waals surface area contributed by atoms with E-state index in [2.05, 4.69) is 4.74 Å². The third-order valence-corrected chi connectivity index (χ3v) is 3.58. The highest BCUT2D eigenvalue weighted by Crippen LogP contribution is 2.20. The summed E-state index contributed by atoms with van der Waals surface area (Å²) in [6.45, 7) is 0.0856. The highest BCUT2D eigenvalue weighted by atomic mass is 16.5. The molecule has 0 aliphatic carbocycles. The fourth-order valence-corrected chi connectivity index (χ4v) is 2.36. The highest BCUT2D eigenvalue weighted by molar-refractivity contribution is 5.86. The fraction of sp³-hybridized carbons (Fsp3) is 0.263. The molecular weight excluding hydrogens is 308 g/mol. The van der Waals surface area contributed by atoms with Crippen molar-refractivity contribution in [3.05, 3.63) is 71.8 Å². The molecule has 126 valence electrons. The van der Waals surface area contributed by atoms with Crippen LogP contribution in [0.1, 0.15) is 17.5 Å². The lowest BCUT2D eigenvalue weighted by Gasteiger charge is -2.24. The fourth-order valence-electron chi connectivity index (χ4n) is 2.36. The van der Waals surface area contributed by atoms with Gasteiger partial charge in [0, 0.05) is 6.42 Å². The molecule has 0 heterocycles. The summed E-state index contributed by atoms with van der Waals surface area (Å²) in [7, 11) is 1.17. The van der Waals surface area contributed by atoms with Gasteiger partial charge in [-0.3, -0.25) is 4.79 Å². The van der Waals surface area contributed by atoms with E-state index >= 15 is 0 Å². The zero-order valence-electron chi connectivity index (χ0n) is 13.5. The molecule has 1 N–H and O–H groups in total. The van der Waals surface area contributed by atoms with Crippen LogP contribution in [0.3, 0.4) is 0 Å². The summed E-state index contributed by atoms with van der Waals surface area (Å²) < 4.78 is 9.80. The van der Waals surface area contributed by atoms with Crippen LogP contribution < -0.4 is 0 Å². The van der Waals surface area contributed by atoms with Crippen LogP contribution in [0.2, 0.25) is 0 Å². The minimum Gasteiger partial charge on any atom is -0.467 e. The second kappa shape index (κ2) is 8.26. The SMILES string of the molecule is COC(=O)[C@](O)(CC(=O)OCc1ccccc1)Cc1ccccc1. The third-order valence-electron chi connectivity index (χ3n) is 3.58. The first-order valence-electron chi connectivity index (χ1n) is 7.58. The Morgan fingerprint density at radius 2 is 1.50 bits per heavy atom. The molecule has 2 aromatic rings. The van der Waals surface area contributed by atoms with E-state index in [1.807, 2.05) is 36.4 Å². The van der Waals surface area contributed by atoms with Crippen LogP contribution in [0.25, 0.3) is 0 Å². The maximum absolute atomic E-state index is 12.1. The topological polar surface area (TPSA) is 72.8 Å². The second-order valence-electron chi connectivity index (χ2n) is 5.51. The quantitative estimate of drug-likeness (QED) is 0.789. The number of carbonyl (C=O) groups is 2. The van der Waals surface area contributed by atoms with Gasteiger partial charge in [-0.15, -0.1) is 0 Å². The number of benzene rings is 2. The minimum absolute atomic E-state index is 0.0268. The van der Waals surface area contributed by atoms with Crippen LogP contribution in [-0.4, -0.2) is 29.8 Å². The molecular formula is C19H20O5. The zero-order chi connectivity index (χ0) is 17.4. The van der Waals surface area contributed by atoms with Crippen molar-refractivity contribution in [1.82, 2.24) is 0 Å². The van der Waals surface area contributed by atoms with Gasteiger partial charge < -0.3 is 14.6 Å². The van der Waals surface area contributed by atoms with Gasteiger partial charge in [0.15, 0.2) is 5.60 Å². The average molecular weight is 328 g/mol. The summed E-state index contributed by atoms with van der Waals surface area (Å²) in [5, 5.41) is 10.6. The largest absolute Gasteiger partial charge is 0.467 e. The first-order chi connectivity index (χ1) is 11.5. The Morgan fingerprint density at radius 3 is 2.04 bits per heavy atom. The Kier molecular flexibility index (Phi) is 6.09. The molecule has 0 fully saturated rings. The Bertz CT molecular complexity index is 669. The number of carbonyl (C=O) groups excluding carboxylic acids is 2. The Morgan fingerprint density at radius 1 is 0.958 bits per heavy atom. The zero-order valence-corrected chi connectivity index (χ0v) is 13.5. The van der Waals surface area contributed by atoms with Crippen molar-refractivity contribution in [3.8, 4) is 0 Å². The summed E-state index contributed by atoms with van der Waals surface area (Å²) in [6, 6.07) is 18.1. The van der Waals surface area contributed by atoms with Crippen LogP contribution in [0.5, 0.6) is 0 Å². The lowest BCUT2D eigenvalue weighted by molar-refractivity contribution is -0.170. The number of aliphatic hydroxyl groups is 1. The maximum atomic E-state index is 12.1. The van der Waals surface area contributed by atoms with Gasteiger partial charge >= 0.3 is 11.9 Å². The predicted octanol–water partition coefficient (Wildman–Crippen LogP) is 2.27. The van der Waals surface area contributed by atoms with E-state index in [0.717, 1.165) is 11.1 Å². The van der Waals surface area contributed by atoms with E-state index in [1.165, 1.54) is 7.11 Å². The Balaban J connectivity index is 2.02. The van der Waals surface area contributed by atoms with Crippen molar-refractivity contribution in [2.45, 2.75) is 25.0 Å². The second-order valence-corrected chi connectivity index (χ2v) is 5.51. The first kappa shape index (κ1) is 17.7. The van der Waals surface area contributed by atoms with Gasteiger partial charge in [0.1, 0.15) is 6.61 Å². The van der Waals surface area contributed by atoms with E-state index in [1.54, 1.807) is 24.3 Å². The molecule has 0 radical (unpaired) electrons.